The van der Waals surface area contributed by atoms with Gasteiger partial charge in [-0.3, -0.25) is 9.69 Å². The van der Waals surface area contributed by atoms with Crippen molar-refractivity contribution in [2.24, 2.45) is 0 Å². The minimum absolute atomic E-state index is 0.234. The number of urea groups is 1. The standard InChI is InChI=1S/C21H19N5O3/c1-29-19-7-6-18(11-23-19)24-20(27)14-2-4-17(5-3-14)25-21(28)26-12-15-8-9-22-10-16(15)13-26/h2-12,22H,13H2,1H3,(H,24,27)(H,25,28). The number of fused-ring (bicyclic) bond motifs is 1. The quantitative estimate of drug-likeness (QED) is 0.747. The second-order valence-corrected chi connectivity index (χ2v) is 6.43. The number of allylic oxidation sites excluding steroid dienone is 1. The largest absolute Gasteiger partial charge is 0.481 e. The molecule has 2 aliphatic heterocycles. The van der Waals surface area contributed by atoms with Crippen molar-refractivity contribution >= 4 is 23.3 Å². The maximum atomic E-state index is 12.5. The Balaban J connectivity index is 1.36. The lowest BCUT2D eigenvalue weighted by Gasteiger charge is -2.15. The highest BCUT2D eigenvalue weighted by atomic mass is 16.5. The SMILES string of the molecule is COc1ccc(NC(=O)c2ccc(NC(=O)N3C=C4C=CNC=C4C3)cc2)cn1. The molecule has 0 atom stereocenters. The number of dihydropyridines is 1. The van der Waals surface area contributed by atoms with Crippen LogP contribution in [0.5, 0.6) is 5.88 Å². The van der Waals surface area contributed by atoms with Gasteiger partial charge in [0.2, 0.25) is 5.88 Å². The number of anilines is 2. The van der Waals surface area contributed by atoms with Crippen LogP contribution in [0.3, 0.4) is 0 Å². The lowest BCUT2D eigenvalue weighted by atomic mass is 10.1. The smallest absolute Gasteiger partial charge is 0.326 e. The maximum absolute atomic E-state index is 12.5. The number of hydrogen-bond acceptors (Lipinski definition) is 5. The monoisotopic (exact) mass is 389 g/mol. The van der Waals surface area contributed by atoms with Crippen molar-refractivity contribution in [3.8, 4) is 5.88 Å². The summed E-state index contributed by atoms with van der Waals surface area (Å²) >= 11 is 0. The lowest BCUT2D eigenvalue weighted by Crippen LogP contribution is -2.29. The van der Waals surface area contributed by atoms with E-state index in [0.29, 0.717) is 29.4 Å². The molecule has 3 N–H and O–H groups in total. The molecule has 0 unspecified atom stereocenters. The van der Waals surface area contributed by atoms with Crippen molar-refractivity contribution in [1.82, 2.24) is 15.2 Å². The van der Waals surface area contributed by atoms with E-state index in [-0.39, 0.29) is 11.9 Å². The van der Waals surface area contributed by atoms with Gasteiger partial charge in [-0.15, -0.1) is 0 Å². The van der Waals surface area contributed by atoms with Crippen LogP contribution in [0.25, 0.3) is 0 Å². The zero-order valence-electron chi connectivity index (χ0n) is 15.7. The zero-order chi connectivity index (χ0) is 20.2. The van der Waals surface area contributed by atoms with E-state index >= 15 is 0 Å². The van der Waals surface area contributed by atoms with Crippen molar-refractivity contribution in [2.75, 3.05) is 24.3 Å². The number of nitrogens with zero attached hydrogens (tertiary/aromatic N) is 2. The number of rotatable bonds is 4. The van der Waals surface area contributed by atoms with Crippen LogP contribution in [0, 0.1) is 0 Å². The minimum atomic E-state index is -0.269. The maximum Gasteiger partial charge on any atom is 0.326 e. The van der Waals surface area contributed by atoms with Gasteiger partial charge in [0.1, 0.15) is 0 Å². The van der Waals surface area contributed by atoms with Gasteiger partial charge in [-0.25, -0.2) is 9.78 Å². The average Bonchev–Trinajstić information content (AvgIpc) is 3.19. The Morgan fingerprint density at radius 1 is 1.10 bits per heavy atom. The van der Waals surface area contributed by atoms with Gasteiger partial charge in [0.05, 0.1) is 25.5 Å². The van der Waals surface area contributed by atoms with Gasteiger partial charge >= 0.3 is 6.03 Å². The molecule has 0 spiro atoms. The fraction of sp³-hybridized carbons (Fsp3) is 0.0952. The van der Waals surface area contributed by atoms with Crippen molar-refractivity contribution in [3.63, 3.8) is 0 Å². The summed E-state index contributed by atoms with van der Waals surface area (Å²) in [5.74, 6) is 0.203. The Labute approximate surface area is 167 Å². The van der Waals surface area contributed by atoms with Crippen molar-refractivity contribution < 1.29 is 14.3 Å². The normalized spacial score (nSPS) is 14.3. The van der Waals surface area contributed by atoms with Gasteiger partial charge in [-0.05, 0) is 47.6 Å². The van der Waals surface area contributed by atoms with Crippen LogP contribution in [-0.2, 0) is 0 Å². The summed E-state index contributed by atoms with van der Waals surface area (Å²) in [6.45, 7) is 0.509. The number of aromatic nitrogens is 1. The first-order valence-corrected chi connectivity index (χ1v) is 8.95. The molecule has 2 aliphatic rings. The van der Waals surface area contributed by atoms with E-state index in [4.69, 9.17) is 4.74 Å². The molecule has 3 amide bonds. The highest BCUT2D eigenvalue weighted by molar-refractivity contribution is 6.04. The third-order valence-electron chi connectivity index (χ3n) is 4.49. The van der Waals surface area contributed by atoms with E-state index < -0.39 is 0 Å². The summed E-state index contributed by atoms with van der Waals surface area (Å²) in [4.78, 5) is 30.5. The van der Waals surface area contributed by atoms with E-state index in [9.17, 15) is 9.59 Å². The molecule has 0 bridgehead atoms. The fourth-order valence-corrected chi connectivity index (χ4v) is 2.95. The Hall–Kier alpha value is -4.07. The highest BCUT2D eigenvalue weighted by Crippen LogP contribution is 2.24. The Bertz CT molecular complexity index is 1020. The Kier molecular flexibility index (Phi) is 4.98. The molecule has 146 valence electrons. The van der Waals surface area contributed by atoms with Gasteiger partial charge in [0, 0.05) is 35.9 Å². The number of nitrogens with one attached hydrogen (secondary N) is 3. The summed E-state index contributed by atoms with van der Waals surface area (Å²) in [5, 5.41) is 8.62. The number of carbonyl (C=O) groups is 2. The number of hydrogen-bond donors (Lipinski definition) is 3. The molecular formula is C21H19N5O3. The molecule has 0 aliphatic carbocycles. The number of ether oxygens (including phenoxy) is 1. The molecule has 1 aromatic heterocycles. The average molecular weight is 389 g/mol. The van der Waals surface area contributed by atoms with E-state index in [1.165, 1.54) is 13.3 Å². The van der Waals surface area contributed by atoms with E-state index in [1.807, 2.05) is 24.7 Å². The Morgan fingerprint density at radius 2 is 1.90 bits per heavy atom. The number of amides is 3. The van der Waals surface area contributed by atoms with Gasteiger partial charge in [0.15, 0.2) is 0 Å². The van der Waals surface area contributed by atoms with Crippen LogP contribution in [0.15, 0.2) is 78.4 Å². The second-order valence-electron chi connectivity index (χ2n) is 6.43. The molecule has 29 heavy (non-hydrogen) atoms. The van der Waals surface area contributed by atoms with E-state index in [0.717, 1.165) is 11.1 Å². The first-order chi connectivity index (χ1) is 14.1. The Morgan fingerprint density at radius 3 is 2.59 bits per heavy atom. The van der Waals surface area contributed by atoms with Gasteiger partial charge in [0.25, 0.3) is 5.91 Å². The van der Waals surface area contributed by atoms with Gasteiger partial charge in [-0.1, -0.05) is 0 Å². The minimum Gasteiger partial charge on any atom is -0.481 e. The summed E-state index contributed by atoms with van der Waals surface area (Å²) in [6.07, 6.45) is 8.96. The number of benzene rings is 1. The van der Waals surface area contributed by atoms with Crippen molar-refractivity contribution in [1.29, 1.82) is 0 Å². The van der Waals surface area contributed by atoms with E-state index in [2.05, 4.69) is 20.9 Å². The molecule has 3 heterocycles. The molecule has 2 aromatic rings. The highest BCUT2D eigenvalue weighted by Gasteiger charge is 2.22. The molecule has 1 aromatic carbocycles. The zero-order valence-corrected chi connectivity index (χ0v) is 15.7. The topological polar surface area (TPSA) is 95.6 Å². The first-order valence-electron chi connectivity index (χ1n) is 8.95. The van der Waals surface area contributed by atoms with E-state index in [1.54, 1.807) is 41.3 Å². The first kappa shape index (κ1) is 18.3. The van der Waals surface area contributed by atoms with Crippen LogP contribution in [0.4, 0.5) is 16.2 Å². The summed E-state index contributed by atoms with van der Waals surface area (Å²) in [6, 6.07) is 9.83. The molecule has 8 heteroatoms. The fourth-order valence-electron chi connectivity index (χ4n) is 2.95. The third-order valence-corrected chi connectivity index (χ3v) is 4.49. The lowest BCUT2D eigenvalue weighted by molar-refractivity contribution is 0.102. The molecule has 0 fully saturated rings. The predicted molar refractivity (Wildman–Crippen MR) is 109 cm³/mol. The number of pyridine rings is 1. The molecule has 0 saturated heterocycles. The third kappa shape index (κ3) is 4.11. The van der Waals surface area contributed by atoms with Crippen LogP contribution >= 0.6 is 0 Å². The summed E-state index contributed by atoms with van der Waals surface area (Å²) in [5.41, 5.74) is 3.71. The number of methoxy groups -OCH3 is 1. The number of carbonyl (C=O) groups excluding carboxylic acids is 2. The van der Waals surface area contributed by atoms with Crippen molar-refractivity contribution in [3.05, 3.63) is 84.0 Å². The molecule has 8 nitrogen and oxygen atoms in total. The van der Waals surface area contributed by atoms with Gasteiger partial charge in [-0.2, -0.15) is 0 Å². The summed E-state index contributed by atoms with van der Waals surface area (Å²) < 4.78 is 4.99. The molecule has 4 rings (SSSR count). The van der Waals surface area contributed by atoms with Crippen LogP contribution in [0.2, 0.25) is 0 Å². The molecule has 0 radical (unpaired) electrons. The van der Waals surface area contributed by atoms with Crippen LogP contribution in [-0.4, -0.2) is 35.5 Å². The van der Waals surface area contributed by atoms with Crippen LogP contribution < -0.4 is 20.7 Å². The summed E-state index contributed by atoms with van der Waals surface area (Å²) in [7, 11) is 1.53. The molecule has 0 saturated carbocycles. The second kappa shape index (κ2) is 7.89. The molecular weight excluding hydrogens is 370 g/mol. The van der Waals surface area contributed by atoms with Crippen LogP contribution in [0.1, 0.15) is 10.4 Å². The van der Waals surface area contributed by atoms with Crippen molar-refractivity contribution in [2.45, 2.75) is 0 Å². The predicted octanol–water partition coefficient (Wildman–Crippen LogP) is 3.07. The van der Waals surface area contributed by atoms with Gasteiger partial charge < -0.3 is 20.7 Å².